The van der Waals surface area contributed by atoms with Crippen LogP contribution in [0.2, 0.25) is 0 Å². The minimum atomic E-state index is -3.55. The number of hydrogen-bond acceptors (Lipinski definition) is 4. The molecule has 0 fully saturated rings. The van der Waals surface area contributed by atoms with Gasteiger partial charge in [0.05, 0.1) is 4.90 Å². The van der Waals surface area contributed by atoms with Crippen LogP contribution in [0, 0.1) is 6.92 Å². The average molecular weight is 272 g/mol. The number of nitrogen functional groups attached to an aromatic ring is 1. The normalized spacial score (nSPS) is 13.5. The van der Waals surface area contributed by atoms with Crippen LogP contribution in [0.15, 0.2) is 23.1 Å². The van der Waals surface area contributed by atoms with Gasteiger partial charge in [-0.25, -0.2) is 13.1 Å². The van der Waals surface area contributed by atoms with Gasteiger partial charge in [0.25, 0.3) is 0 Å². The van der Waals surface area contributed by atoms with Gasteiger partial charge in [0.1, 0.15) is 0 Å². The van der Waals surface area contributed by atoms with Crippen molar-refractivity contribution in [3.63, 3.8) is 0 Å². The third kappa shape index (κ3) is 3.69. The van der Waals surface area contributed by atoms with Gasteiger partial charge < -0.3 is 10.8 Å². The number of aliphatic hydroxyl groups excluding tert-OH is 1. The molecule has 1 unspecified atom stereocenters. The number of anilines is 1. The summed E-state index contributed by atoms with van der Waals surface area (Å²) in [6.07, 6.45) is 1.04. The monoisotopic (exact) mass is 272 g/mol. The van der Waals surface area contributed by atoms with Gasteiger partial charge in [-0.05, 0) is 43.5 Å². The third-order valence-electron chi connectivity index (χ3n) is 2.84. The predicted molar refractivity (Wildman–Crippen MR) is 71.7 cm³/mol. The van der Waals surface area contributed by atoms with E-state index in [-0.39, 0.29) is 17.5 Å². The van der Waals surface area contributed by atoms with Crippen molar-refractivity contribution in [1.29, 1.82) is 0 Å². The standard InChI is InChI=1S/C12H20N2O3S/c1-3-10(6-7-15)14-18(16,17)11-4-5-12(13)9(2)8-11/h4-5,8,10,14-15H,3,6-7,13H2,1-2H3. The first kappa shape index (κ1) is 14.9. The Morgan fingerprint density at radius 2 is 2.11 bits per heavy atom. The molecule has 0 saturated carbocycles. The lowest BCUT2D eigenvalue weighted by molar-refractivity contribution is 0.270. The molecule has 0 aliphatic heterocycles. The Bertz CT molecular complexity index is 500. The maximum atomic E-state index is 12.1. The molecular formula is C12H20N2O3S. The van der Waals surface area contributed by atoms with E-state index in [1.807, 2.05) is 6.92 Å². The summed E-state index contributed by atoms with van der Waals surface area (Å²) in [6, 6.07) is 4.36. The van der Waals surface area contributed by atoms with Crippen LogP contribution in [-0.4, -0.2) is 26.2 Å². The first-order chi connectivity index (χ1) is 8.40. The van der Waals surface area contributed by atoms with Crippen molar-refractivity contribution in [2.75, 3.05) is 12.3 Å². The molecular weight excluding hydrogens is 252 g/mol. The van der Waals surface area contributed by atoms with E-state index in [1.54, 1.807) is 19.1 Å². The summed E-state index contributed by atoms with van der Waals surface area (Å²) < 4.78 is 26.8. The number of sulfonamides is 1. The molecule has 0 saturated heterocycles. The molecule has 1 atom stereocenters. The van der Waals surface area contributed by atoms with Crippen molar-refractivity contribution in [1.82, 2.24) is 4.72 Å². The molecule has 0 aliphatic carbocycles. The van der Waals surface area contributed by atoms with Gasteiger partial charge in [0.2, 0.25) is 10.0 Å². The number of benzene rings is 1. The van der Waals surface area contributed by atoms with E-state index >= 15 is 0 Å². The highest BCUT2D eigenvalue weighted by Gasteiger charge is 2.19. The first-order valence-corrected chi connectivity index (χ1v) is 7.38. The van der Waals surface area contributed by atoms with Crippen LogP contribution in [0.25, 0.3) is 0 Å². The molecule has 1 aromatic rings. The highest BCUT2D eigenvalue weighted by Crippen LogP contribution is 2.17. The molecule has 0 aromatic heterocycles. The zero-order chi connectivity index (χ0) is 13.8. The molecule has 0 heterocycles. The highest BCUT2D eigenvalue weighted by atomic mass is 32.2. The van der Waals surface area contributed by atoms with Gasteiger partial charge in [0, 0.05) is 18.3 Å². The first-order valence-electron chi connectivity index (χ1n) is 5.90. The van der Waals surface area contributed by atoms with Crippen molar-refractivity contribution in [3.8, 4) is 0 Å². The number of nitrogens with one attached hydrogen (secondary N) is 1. The van der Waals surface area contributed by atoms with E-state index in [1.165, 1.54) is 6.07 Å². The molecule has 1 rings (SSSR count). The summed E-state index contributed by atoms with van der Waals surface area (Å²) >= 11 is 0. The summed E-state index contributed by atoms with van der Waals surface area (Å²) in [5.41, 5.74) is 6.95. The predicted octanol–water partition coefficient (Wildman–Crippen LogP) is 1.02. The summed E-state index contributed by atoms with van der Waals surface area (Å²) in [7, 11) is -3.55. The van der Waals surface area contributed by atoms with E-state index in [9.17, 15) is 8.42 Å². The van der Waals surface area contributed by atoms with Gasteiger partial charge in [-0.1, -0.05) is 6.92 Å². The van der Waals surface area contributed by atoms with E-state index in [4.69, 9.17) is 10.8 Å². The van der Waals surface area contributed by atoms with Crippen LogP contribution in [0.3, 0.4) is 0 Å². The second-order valence-corrected chi connectivity index (χ2v) is 5.97. The molecule has 6 heteroatoms. The maximum absolute atomic E-state index is 12.1. The number of aliphatic hydroxyl groups is 1. The molecule has 5 nitrogen and oxygen atoms in total. The average Bonchev–Trinajstić information content (AvgIpc) is 2.31. The summed E-state index contributed by atoms with van der Waals surface area (Å²) in [6.45, 7) is 3.60. The molecule has 4 N–H and O–H groups in total. The summed E-state index contributed by atoms with van der Waals surface area (Å²) in [5.74, 6) is 0. The summed E-state index contributed by atoms with van der Waals surface area (Å²) in [5, 5.41) is 8.86. The van der Waals surface area contributed by atoms with Crippen molar-refractivity contribution in [2.24, 2.45) is 0 Å². The van der Waals surface area contributed by atoms with Gasteiger partial charge in [0.15, 0.2) is 0 Å². The minimum Gasteiger partial charge on any atom is -0.399 e. The van der Waals surface area contributed by atoms with E-state index < -0.39 is 10.0 Å². The van der Waals surface area contributed by atoms with Gasteiger partial charge >= 0.3 is 0 Å². The number of rotatable bonds is 6. The quantitative estimate of drug-likeness (QED) is 0.674. The Hall–Kier alpha value is -1.11. The molecule has 0 amide bonds. The van der Waals surface area contributed by atoms with E-state index in [2.05, 4.69) is 4.72 Å². The fourth-order valence-corrected chi connectivity index (χ4v) is 3.04. The van der Waals surface area contributed by atoms with Crippen LogP contribution in [-0.2, 0) is 10.0 Å². The zero-order valence-corrected chi connectivity index (χ0v) is 11.5. The molecule has 0 aliphatic rings. The smallest absolute Gasteiger partial charge is 0.240 e. The van der Waals surface area contributed by atoms with E-state index in [0.29, 0.717) is 18.5 Å². The number of hydrogen-bond donors (Lipinski definition) is 3. The van der Waals surface area contributed by atoms with Gasteiger partial charge in [-0.3, -0.25) is 0 Å². The topological polar surface area (TPSA) is 92.4 Å². The minimum absolute atomic E-state index is 0.0399. The molecule has 102 valence electrons. The lowest BCUT2D eigenvalue weighted by Crippen LogP contribution is -2.35. The van der Waals surface area contributed by atoms with Crippen molar-refractivity contribution in [2.45, 2.75) is 37.6 Å². The van der Waals surface area contributed by atoms with Crippen molar-refractivity contribution in [3.05, 3.63) is 23.8 Å². The van der Waals surface area contributed by atoms with E-state index in [0.717, 1.165) is 5.56 Å². The fraction of sp³-hybridized carbons (Fsp3) is 0.500. The second kappa shape index (κ2) is 6.17. The van der Waals surface area contributed by atoms with Gasteiger partial charge in [-0.2, -0.15) is 0 Å². The lowest BCUT2D eigenvalue weighted by Gasteiger charge is -2.16. The Kier molecular flexibility index (Phi) is 5.13. The Balaban J connectivity index is 2.95. The largest absolute Gasteiger partial charge is 0.399 e. The SMILES string of the molecule is CCC(CCO)NS(=O)(=O)c1ccc(N)c(C)c1. The van der Waals surface area contributed by atoms with Crippen LogP contribution in [0.5, 0.6) is 0 Å². The van der Waals surface area contributed by atoms with Crippen LogP contribution >= 0.6 is 0 Å². The molecule has 1 aromatic carbocycles. The number of aryl methyl sites for hydroxylation is 1. The zero-order valence-electron chi connectivity index (χ0n) is 10.7. The third-order valence-corrected chi connectivity index (χ3v) is 4.36. The Morgan fingerprint density at radius 1 is 1.44 bits per heavy atom. The molecule has 0 radical (unpaired) electrons. The fourth-order valence-electron chi connectivity index (χ4n) is 1.61. The van der Waals surface area contributed by atoms with Crippen LogP contribution < -0.4 is 10.5 Å². The number of nitrogens with two attached hydrogens (primary N) is 1. The van der Waals surface area contributed by atoms with Crippen molar-refractivity contribution >= 4 is 15.7 Å². The molecule has 18 heavy (non-hydrogen) atoms. The van der Waals surface area contributed by atoms with Gasteiger partial charge in [-0.15, -0.1) is 0 Å². The van der Waals surface area contributed by atoms with Crippen molar-refractivity contribution < 1.29 is 13.5 Å². The highest BCUT2D eigenvalue weighted by molar-refractivity contribution is 7.89. The van der Waals surface area contributed by atoms with Crippen LogP contribution in [0.1, 0.15) is 25.3 Å². The maximum Gasteiger partial charge on any atom is 0.240 e. The molecule has 0 bridgehead atoms. The Morgan fingerprint density at radius 3 is 2.61 bits per heavy atom. The molecule has 0 spiro atoms. The lowest BCUT2D eigenvalue weighted by atomic mass is 10.2. The van der Waals surface area contributed by atoms with Crippen LogP contribution in [0.4, 0.5) is 5.69 Å². The second-order valence-electron chi connectivity index (χ2n) is 4.26. The Labute approximate surface area is 108 Å². The summed E-state index contributed by atoms with van der Waals surface area (Å²) in [4.78, 5) is 0.200.